The fourth-order valence-corrected chi connectivity index (χ4v) is 3.71. The van der Waals surface area contributed by atoms with Crippen LogP contribution in [0.2, 0.25) is 5.02 Å². The number of nitrogens with one attached hydrogen (secondary N) is 3. The number of benzene rings is 1. The number of aliphatic hydroxyl groups excluding tert-OH is 1. The summed E-state index contributed by atoms with van der Waals surface area (Å²) in [6.45, 7) is 1.02. The van der Waals surface area contributed by atoms with Gasteiger partial charge in [-0.25, -0.2) is 4.79 Å². The van der Waals surface area contributed by atoms with Crippen molar-refractivity contribution in [3.63, 3.8) is 0 Å². The van der Waals surface area contributed by atoms with Crippen LogP contribution in [0.4, 0.5) is 10.5 Å². The van der Waals surface area contributed by atoms with Crippen molar-refractivity contribution in [2.75, 3.05) is 32.1 Å². The van der Waals surface area contributed by atoms with E-state index in [9.17, 15) is 14.7 Å². The lowest BCUT2D eigenvalue weighted by atomic mass is 10.1. The Morgan fingerprint density at radius 1 is 1.31 bits per heavy atom. The van der Waals surface area contributed by atoms with Gasteiger partial charge in [0.25, 0.3) is 0 Å². The average molecular weight is 428 g/mol. The summed E-state index contributed by atoms with van der Waals surface area (Å²) in [5.74, 6) is -0.127. The molecule has 2 aliphatic rings. The lowest BCUT2D eigenvalue weighted by Gasteiger charge is -2.20. The van der Waals surface area contributed by atoms with Crippen LogP contribution >= 0.6 is 11.6 Å². The maximum absolute atomic E-state index is 12.0. The molecular weight excluding hydrogens is 402 g/mol. The second-order valence-corrected chi connectivity index (χ2v) is 7.49. The molecule has 1 aromatic carbocycles. The molecule has 2 saturated heterocycles. The van der Waals surface area contributed by atoms with E-state index in [4.69, 9.17) is 25.8 Å². The molecule has 10 heteroatoms. The van der Waals surface area contributed by atoms with Gasteiger partial charge in [0.2, 0.25) is 5.91 Å². The first-order valence-electron chi connectivity index (χ1n) is 9.51. The summed E-state index contributed by atoms with van der Waals surface area (Å²) >= 11 is 5.89. The van der Waals surface area contributed by atoms with E-state index in [0.29, 0.717) is 30.3 Å². The van der Waals surface area contributed by atoms with E-state index in [1.54, 1.807) is 31.4 Å². The first-order chi connectivity index (χ1) is 14.0. The van der Waals surface area contributed by atoms with Gasteiger partial charge < -0.3 is 35.3 Å². The van der Waals surface area contributed by atoms with Crippen molar-refractivity contribution in [1.82, 2.24) is 10.6 Å². The summed E-state index contributed by atoms with van der Waals surface area (Å²) in [7, 11) is 1.57. The zero-order valence-electron chi connectivity index (χ0n) is 16.1. The van der Waals surface area contributed by atoms with E-state index in [2.05, 4.69) is 16.0 Å². The number of fused-ring (bicyclic) bond motifs is 1. The van der Waals surface area contributed by atoms with Crippen LogP contribution in [0.25, 0.3) is 0 Å². The molecule has 1 aromatic rings. The Hall–Kier alpha value is -1.91. The van der Waals surface area contributed by atoms with Crippen LogP contribution in [-0.2, 0) is 19.0 Å². The van der Waals surface area contributed by atoms with Crippen molar-refractivity contribution in [2.24, 2.45) is 0 Å². The maximum atomic E-state index is 12.0. The van der Waals surface area contributed by atoms with Crippen LogP contribution in [0.1, 0.15) is 12.8 Å². The van der Waals surface area contributed by atoms with Crippen LogP contribution < -0.4 is 16.0 Å². The minimum absolute atomic E-state index is 0.127. The standard InChI is InChI=1S/C19H26ClN3O6/c1-27-6-5-21-16(24)9-13-8-14-18(28-13)17(25)15(29-14)10-22-19(26)23-12-4-2-3-11(20)7-12/h2-4,7,13-15,17-18,25H,5-6,8-10H2,1H3,(H,21,24)(H2,22,23,26)/t13-,14+,15+,17+,18-/m0/s1. The highest BCUT2D eigenvalue weighted by atomic mass is 35.5. The smallest absolute Gasteiger partial charge is 0.319 e. The normalized spacial score (nSPS) is 28.0. The SMILES string of the molecule is COCCNC(=O)C[C@@H]1C[C@H]2O[C@H](CNC(=O)Nc3cccc(Cl)c3)[C@@H](O)[C@H]2O1. The third-order valence-corrected chi connectivity index (χ3v) is 5.10. The maximum Gasteiger partial charge on any atom is 0.319 e. The second-order valence-electron chi connectivity index (χ2n) is 7.05. The molecule has 0 aliphatic carbocycles. The number of hydrogen-bond donors (Lipinski definition) is 4. The number of urea groups is 1. The molecule has 160 valence electrons. The molecule has 4 N–H and O–H groups in total. The second kappa shape index (κ2) is 10.2. The third-order valence-electron chi connectivity index (χ3n) is 4.87. The molecule has 0 spiro atoms. The highest BCUT2D eigenvalue weighted by Gasteiger charge is 2.50. The molecule has 3 rings (SSSR count). The molecule has 2 fully saturated rings. The minimum Gasteiger partial charge on any atom is -0.388 e. The summed E-state index contributed by atoms with van der Waals surface area (Å²) in [5, 5.41) is 19.1. The highest BCUT2D eigenvalue weighted by molar-refractivity contribution is 6.30. The molecule has 0 saturated carbocycles. The summed E-state index contributed by atoms with van der Waals surface area (Å²) in [6, 6.07) is 6.37. The number of anilines is 1. The van der Waals surface area contributed by atoms with Gasteiger partial charge in [0.05, 0.1) is 25.2 Å². The topological polar surface area (TPSA) is 118 Å². The first-order valence-corrected chi connectivity index (χ1v) is 9.89. The highest BCUT2D eigenvalue weighted by Crippen LogP contribution is 2.35. The van der Waals surface area contributed by atoms with Crippen LogP contribution in [-0.4, -0.2) is 74.4 Å². The number of carbonyl (C=O) groups is 2. The van der Waals surface area contributed by atoms with Gasteiger partial charge in [-0.15, -0.1) is 0 Å². The quantitative estimate of drug-likeness (QED) is 0.458. The van der Waals surface area contributed by atoms with Crippen molar-refractivity contribution in [3.8, 4) is 0 Å². The van der Waals surface area contributed by atoms with Crippen molar-refractivity contribution in [3.05, 3.63) is 29.3 Å². The van der Waals surface area contributed by atoms with Gasteiger partial charge >= 0.3 is 6.03 Å². The molecule has 0 aromatic heterocycles. The summed E-state index contributed by atoms with van der Waals surface area (Å²) < 4.78 is 16.5. The number of hydrogen-bond acceptors (Lipinski definition) is 6. The van der Waals surface area contributed by atoms with Gasteiger partial charge in [0, 0.05) is 37.3 Å². The van der Waals surface area contributed by atoms with E-state index < -0.39 is 24.3 Å². The number of rotatable bonds is 8. The molecule has 0 unspecified atom stereocenters. The summed E-state index contributed by atoms with van der Waals surface area (Å²) in [4.78, 5) is 23.9. The molecule has 9 nitrogen and oxygen atoms in total. The predicted octanol–water partition coefficient (Wildman–Crippen LogP) is 0.900. The Morgan fingerprint density at radius 2 is 2.14 bits per heavy atom. The minimum atomic E-state index is -0.881. The molecule has 2 aliphatic heterocycles. The number of halogens is 1. The third kappa shape index (κ3) is 6.03. The van der Waals surface area contributed by atoms with Crippen molar-refractivity contribution in [1.29, 1.82) is 0 Å². The van der Waals surface area contributed by atoms with E-state index >= 15 is 0 Å². The Morgan fingerprint density at radius 3 is 2.86 bits per heavy atom. The summed E-state index contributed by atoms with van der Waals surface area (Å²) in [5.41, 5.74) is 0.565. The zero-order chi connectivity index (χ0) is 20.8. The van der Waals surface area contributed by atoms with Crippen LogP contribution in [0.15, 0.2) is 24.3 Å². The van der Waals surface area contributed by atoms with E-state index in [0.717, 1.165) is 0 Å². The molecule has 3 amide bonds. The largest absolute Gasteiger partial charge is 0.388 e. The van der Waals surface area contributed by atoms with Crippen molar-refractivity contribution >= 4 is 29.2 Å². The zero-order valence-corrected chi connectivity index (χ0v) is 16.9. The molecular formula is C19H26ClN3O6. The fourth-order valence-electron chi connectivity index (χ4n) is 3.52. The summed E-state index contributed by atoms with van der Waals surface area (Å²) in [6.07, 6.45) is -1.84. The lowest BCUT2D eigenvalue weighted by molar-refractivity contribution is -0.124. The molecule has 29 heavy (non-hydrogen) atoms. The molecule has 5 atom stereocenters. The Balaban J connectivity index is 1.39. The Kier molecular flexibility index (Phi) is 7.68. The van der Waals surface area contributed by atoms with Crippen LogP contribution in [0, 0.1) is 0 Å². The van der Waals surface area contributed by atoms with Gasteiger partial charge in [-0.05, 0) is 18.2 Å². The van der Waals surface area contributed by atoms with Gasteiger partial charge in [-0.2, -0.15) is 0 Å². The monoisotopic (exact) mass is 427 g/mol. The van der Waals surface area contributed by atoms with Crippen LogP contribution in [0.3, 0.4) is 0 Å². The average Bonchev–Trinajstić information content (AvgIpc) is 3.19. The van der Waals surface area contributed by atoms with Gasteiger partial charge in [-0.3, -0.25) is 4.79 Å². The molecule has 2 heterocycles. The number of aliphatic hydroxyl groups is 1. The lowest BCUT2D eigenvalue weighted by Crippen LogP contribution is -2.42. The van der Waals surface area contributed by atoms with Crippen molar-refractivity contribution in [2.45, 2.75) is 43.4 Å². The predicted molar refractivity (Wildman–Crippen MR) is 106 cm³/mol. The van der Waals surface area contributed by atoms with Gasteiger partial charge in [0.1, 0.15) is 18.3 Å². The number of ether oxygens (including phenoxy) is 3. The molecule has 0 radical (unpaired) electrons. The van der Waals surface area contributed by atoms with E-state index in [1.807, 2.05) is 0 Å². The van der Waals surface area contributed by atoms with Gasteiger partial charge in [-0.1, -0.05) is 17.7 Å². The number of methoxy groups -OCH3 is 1. The van der Waals surface area contributed by atoms with E-state index in [1.165, 1.54) is 0 Å². The molecule has 0 bridgehead atoms. The van der Waals surface area contributed by atoms with E-state index in [-0.39, 0.29) is 31.1 Å². The Labute approximate surface area is 174 Å². The number of carbonyl (C=O) groups excluding carboxylic acids is 2. The van der Waals surface area contributed by atoms with Crippen LogP contribution in [0.5, 0.6) is 0 Å². The Bertz CT molecular complexity index is 721. The van der Waals surface area contributed by atoms with Crippen molar-refractivity contribution < 1.29 is 28.9 Å². The van der Waals surface area contributed by atoms with Gasteiger partial charge in [0.15, 0.2) is 0 Å². The fraction of sp³-hybridized carbons (Fsp3) is 0.579. The number of amides is 3. The first kappa shape index (κ1) is 21.8.